The minimum Gasteiger partial charge on any atom is -0.494 e. The molecule has 0 fully saturated rings. The van der Waals surface area contributed by atoms with Crippen molar-refractivity contribution in [3.8, 4) is 5.75 Å². The standard InChI is InChI=1S/C20H20ClNO4/c1-14(23)13-20(25)17-5-2-3-6-18(17)22(19(20)24)11-4-12-26-16-9-7-15(21)8-10-16/h2-3,5-10,25H,4,11-13H2,1H3/t20-/m0/s1. The fraction of sp³-hybridized carbons (Fsp3) is 0.300. The van der Waals surface area contributed by atoms with Crippen molar-refractivity contribution in [2.45, 2.75) is 25.4 Å². The van der Waals surface area contributed by atoms with E-state index in [0.29, 0.717) is 41.6 Å². The lowest BCUT2D eigenvalue weighted by molar-refractivity contribution is -0.141. The number of rotatable bonds is 7. The van der Waals surface area contributed by atoms with Gasteiger partial charge in [-0.2, -0.15) is 0 Å². The molecule has 2 aromatic carbocycles. The van der Waals surface area contributed by atoms with Crippen LogP contribution in [0.25, 0.3) is 0 Å². The molecular weight excluding hydrogens is 354 g/mol. The molecule has 0 spiro atoms. The average Bonchev–Trinajstić information content (AvgIpc) is 2.81. The highest BCUT2D eigenvalue weighted by Crippen LogP contribution is 2.42. The monoisotopic (exact) mass is 373 g/mol. The van der Waals surface area contributed by atoms with E-state index in [1.807, 2.05) is 6.07 Å². The van der Waals surface area contributed by atoms with Crippen molar-refractivity contribution in [1.29, 1.82) is 0 Å². The quantitative estimate of drug-likeness (QED) is 0.756. The number of carbonyl (C=O) groups is 2. The molecule has 3 rings (SSSR count). The molecule has 0 aromatic heterocycles. The number of amides is 1. The van der Waals surface area contributed by atoms with Gasteiger partial charge in [0.1, 0.15) is 11.5 Å². The lowest BCUT2D eigenvalue weighted by Gasteiger charge is -2.22. The van der Waals surface area contributed by atoms with Gasteiger partial charge in [0.25, 0.3) is 5.91 Å². The van der Waals surface area contributed by atoms with Crippen LogP contribution in [0.5, 0.6) is 5.75 Å². The summed E-state index contributed by atoms with van der Waals surface area (Å²) in [5.74, 6) is 0.0135. The minimum absolute atomic E-state index is 0.222. The second-order valence-corrected chi connectivity index (χ2v) is 6.81. The number of anilines is 1. The molecule has 26 heavy (non-hydrogen) atoms. The molecule has 0 aliphatic carbocycles. The highest BCUT2D eigenvalue weighted by atomic mass is 35.5. The van der Waals surface area contributed by atoms with Gasteiger partial charge in [-0.1, -0.05) is 29.8 Å². The van der Waals surface area contributed by atoms with Crippen LogP contribution in [0, 0.1) is 0 Å². The number of aliphatic hydroxyl groups is 1. The molecule has 1 aliphatic rings. The van der Waals surface area contributed by atoms with Gasteiger partial charge >= 0.3 is 0 Å². The number of hydrogen-bond acceptors (Lipinski definition) is 4. The lowest BCUT2D eigenvalue weighted by atomic mass is 9.90. The van der Waals surface area contributed by atoms with Gasteiger partial charge in [-0.15, -0.1) is 0 Å². The third kappa shape index (κ3) is 3.59. The summed E-state index contributed by atoms with van der Waals surface area (Å²) < 4.78 is 5.65. The summed E-state index contributed by atoms with van der Waals surface area (Å²) in [4.78, 5) is 25.9. The van der Waals surface area contributed by atoms with Crippen LogP contribution in [0.4, 0.5) is 5.69 Å². The van der Waals surface area contributed by atoms with Crippen LogP contribution in [0.3, 0.4) is 0 Å². The number of nitrogens with zero attached hydrogens (tertiary/aromatic N) is 1. The summed E-state index contributed by atoms with van der Waals surface area (Å²) in [7, 11) is 0. The van der Waals surface area contributed by atoms with E-state index in [9.17, 15) is 14.7 Å². The van der Waals surface area contributed by atoms with Gasteiger partial charge in [-0.05, 0) is 43.7 Å². The van der Waals surface area contributed by atoms with E-state index in [-0.39, 0.29) is 12.2 Å². The molecule has 0 saturated carbocycles. The maximum absolute atomic E-state index is 12.8. The number of hydrogen-bond donors (Lipinski definition) is 1. The van der Waals surface area contributed by atoms with E-state index in [1.165, 1.54) is 11.8 Å². The van der Waals surface area contributed by atoms with Gasteiger partial charge in [0.15, 0.2) is 5.60 Å². The second-order valence-electron chi connectivity index (χ2n) is 6.37. The normalized spacial score (nSPS) is 18.7. The summed E-state index contributed by atoms with van der Waals surface area (Å²) in [5, 5.41) is 11.5. The van der Waals surface area contributed by atoms with Gasteiger partial charge in [0.2, 0.25) is 0 Å². The molecule has 0 unspecified atom stereocenters. The van der Waals surface area contributed by atoms with Crippen LogP contribution in [0.15, 0.2) is 48.5 Å². The SMILES string of the molecule is CC(=O)C[C@@]1(O)C(=O)N(CCCOc2ccc(Cl)cc2)c2ccccc21. The van der Waals surface area contributed by atoms with Crippen LogP contribution in [-0.4, -0.2) is 29.9 Å². The summed E-state index contributed by atoms with van der Waals surface area (Å²) in [5.41, 5.74) is -0.647. The van der Waals surface area contributed by atoms with Gasteiger partial charge < -0.3 is 14.7 Å². The third-order valence-electron chi connectivity index (χ3n) is 4.35. The number of fused-ring (bicyclic) bond motifs is 1. The topological polar surface area (TPSA) is 66.8 Å². The van der Waals surface area contributed by atoms with Crippen molar-refractivity contribution in [2.24, 2.45) is 0 Å². The maximum Gasteiger partial charge on any atom is 0.264 e. The second kappa shape index (κ2) is 7.48. The van der Waals surface area contributed by atoms with Crippen molar-refractivity contribution in [2.75, 3.05) is 18.1 Å². The van der Waals surface area contributed by atoms with Crippen molar-refractivity contribution in [1.82, 2.24) is 0 Å². The molecule has 2 aromatic rings. The Morgan fingerprint density at radius 3 is 2.58 bits per heavy atom. The van der Waals surface area contributed by atoms with Crippen LogP contribution in [-0.2, 0) is 15.2 Å². The van der Waals surface area contributed by atoms with Gasteiger partial charge in [0.05, 0.1) is 12.3 Å². The van der Waals surface area contributed by atoms with Crippen molar-refractivity contribution in [3.05, 3.63) is 59.1 Å². The van der Waals surface area contributed by atoms with Crippen LogP contribution >= 0.6 is 11.6 Å². The number of halogens is 1. The number of para-hydroxylation sites is 1. The molecule has 5 nitrogen and oxygen atoms in total. The van der Waals surface area contributed by atoms with Crippen LogP contribution in [0.1, 0.15) is 25.3 Å². The van der Waals surface area contributed by atoms with Crippen molar-refractivity contribution >= 4 is 29.0 Å². The lowest BCUT2D eigenvalue weighted by Crippen LogP contribution is -2.42. The molecule has 6 heteroatoms. The largest absolute Gasteiger partial charge is 0.494 e. The number of benzene rings is 2. The van der Waals surface area contributed by atoms with Crippen LogP contribution < -0.4 is 9.64 Å². The average molecular weight is 374 g/mol. The molecule has 0 bridgehead atoms. The summed E-state index contributed by atoms with van der Waals surface area (Å²) in [6.45, 7) is 2.18. The van der Waals surface area contributed by atoms with E-state index < -0.39 is 11.5 Å². The maximum atomic E-state index is 12.8. The zero-order valence-electron chi connectivity index (χ0n) is 14.4. The molecular formula is C20H20ClNO4. The van der Waals surface area contributed by atoms with Gasteiger partial charge in [-0.25, -0.2) is 0 Å². The van der Waals surface area contributed by atoms with Gasteiger partial charge in [-0.3, -0.25) is 9.59 Å². The molecule has 1 N–H and O–H groups in total. The minimum atomic E-state index is -1.78. The predicted molar refractivity (Wildman–Crippen MR) is 99.6 cm³/mol. The molecule has 1 aliphatic heterocycles. The Kier molecular flexibility index (Phi) is 5.30. The first-order valence-corrected chi connectivity index (χ1v) is 8.81. The fourth-order valence-electron chi connectivity index (χ4n) is 3.20. The Balaban J connectivity index is 1.67. The number of ketones is 1. The highest BCUT2D eigenvalue weighted by molar-refractivity contribution is 6.30. The fourth-order valence-corrected chi connectivity index (χ4v) is 3.33. The van der Waals surface area contributed by atoms with Crippen molar-refractivity contribution in [3.63, 3.8) is 0 Å². The third-order valence-corrected chi connectivity index (χ3v) is 4.60. The van der Waals surface area contributed by atoms with Crippen LogP contribution in [0.2, 0.25) is 5.02 Å². The Bertz CT molecular complexity index is 821. The van der Waals surface area contributed by atoms with E-state index in [4.69, 9.17) is 16.3 Å². The smallest absolute Gasteiger partial charge is 0.264 e. The molecule has 1 atom stereocenters. The van der Waals surface area contributed by atoms with E-state index in [2.05, 4.69) is 0 Å². The van der Waals surface area contributed by atoms with Crippen molar-refractivity contribution < 1.29 is 19.4 Å². The Hall–Kier alpha value is -2.37. The van der Waals surface area contributed by atoms with E-state index in [1.54, 1.807) is 42.5 Å². The molecule has 0 saturated heterocycles. The first kappa shape index (κ1) is 18.4. The number of ether oxygens (including phenoxy) is 1. The predicted octanol–water partition coefficient (Wildman–Crippen LogP) is 3.32. The molecule has 136 valence electrons. The first-order valence-electron chi connectivity index (χ1n) is 8.43. The highest BCUT2D eigenvalue weighted by Gasteiger charge is 2.49. The Morgan fingerprint density at radius 1 is 1.19 bits per heavy atom. The molecule has 1 heterocycles. The Labute approximate surface area is 157 Å². The molecule has 0 radical (unpaired) electrons. The summed E-state index contributed by atoms with van der Waals surface area (Å²) in [6.07, 6.45) is 0.361. The first-order chi connectivity index (χ1) is 12.4. The number of carbonyl (C=O) groups excluding carboxylic acids is 2. The number of Topliss-reactive ketones (excluding diaryl/α,β-unsaturated/α-hetero) is 1. The van der Waals surface area contributed by atoms with E-state index >= 15 is 0 Å². The summed E-state index contributed by atoms with van der Waals surface area (Å²) in [6, 6.07) is 14.1. The Morgan fingerprint density at radius 2 is 1.88 bits per heavy atom. The molecule has 1 amide bonds. The van der Waals surface area contributed by atoms with Gasteiger partial charge in [0, 0.05) is 23.6 Å². The zero-order chi connectivity index (χ0) is 18.7. The zero-order valence-corrected chi connectivity index (χ0v) is 15.2. The summed E-state index contributed by atoms with van der Waals surface area (Å²) >= 11 is 5.84. The van der Waals surface area contributed by atoms with E-state index in [0.717, 1.165) is 0 Å².